The van der Waals surface area contributed by atoms with Crippen LogP contribution in [0.3, 0.4) is 0 Å². The fourth-order valence-corrected chi connectivity index (χ4v) is 1.69. The fourth-order valence-electron chi connectivity index (χ4n) is 1.36. The van der Waals surface area contributed by atoms with Crippen molar-refractivity contribution < 1.29 is 17.9 Å². The fraction of sp³-hybridized carbons (Fsp3) is 0.500. The molecule has 1 N–H and O–H groups in total. The van der Waals surface area contributed by atoms with Crippen molar-refractivity contribution in [2.45, 2.75) is 32.2 Å². The summed E-state index contributed by atoms with van der Waals surface area (Å²) in [5.74, 6) is 0.108. The molecule has 0 aromatic heterocycles. The number of halogens is 4. The second-order valence-electron chi connectivity index (χ2n) is 4.00. The molecule has 0 spiro atoms. The molecule has 0 heterocycles. The molecular weight excluding hydrogens is 267 g/mol. The van der Waals surface area contributed by atoms with Crippen LogP contribution in [-0.2, 0) is 0 Å². The monoisotopic (exact) mass is 281 g/mol. The molecule has 6 heteroatoms. The van der Waals surface area contributed by atoms with Crippen LogP contribution in [-0.4, -0.2) is 19.3 Å². The van der Waals surface area contributed by atoms with E-state index < -0.39 is 12.3 Å². The molecule has 2 nitrogen and oxygen atoms in total. The Morgan fingerprint density at radius 2 is 1.89 bits per heavy atom. The number of alkyl halides is 3. The maximum absolute atomic E-state index is 12.3. The number of rotatable bonds is 4. The summed E-state index contributed by atoms with van der Waals surface area (Å²) >= 11 is 6.00. The molecule has 0 saturated carbocycles. The van der Waals surface area contributed by atoms with Crippen molar-refractivity contribution in [3.8, 4) is 5.75 Å². The Kier molecular flexibility index (Phi) is 4.87. The highest BCUT2D eigenvalue weighted by Gasteiger charge is 2.38. The summed E-state index contributed by atoms with van der Waals surface area (Å²) in [5, 5.41) is 3.38. The lowest BCUT2D eigenvalue weighted by molar-refractivity contribution is -0.189. The first kappa shape index (κ1) is 15.1. The third-order valence-electron chi connectivity index (χ3n) is 2.65. The summed E-state index contributed by atoms with van der Waals surface area (Å²) in [6.07, 6.45) is -6.25. The van der Waals surface area contributed by atoms with Gasteiger partial charge in [-0.1, -0.05) is 17.7 Å². The quantitative estimate of drug-likeness (QED) is 0.902. The van der Waals surface area contributed by atoms with Crippen LogP contribution in [0.2, 0.25) is 5.02 Å². The molecule has 2 atom stereocenters. The molecule has 0 fully saturated rings. The number of benzene rings is 1. The van der Waals surface area contributed by atoms with Gasteiger partial charge in [-0.05, 0) is 38.6 Å². The van der Waals surface area contributed by atoms with Crippen molar-refractivity contribution in [1.82, 2.24) is 5.32 Å². The van der Waals surface area contributed by atoms with Crippen molar-refractivity contribution in [3.05, 3.63) is 28.8 Å². The van der Waals surface area contributed by atoms with Crippen LogP contribution in [0.1, 0.15) is 25.5 Å². The van der Waals surface area contributed by atoms with Crippen molar-refractivity contribution in [1.29, 1.82) is 0 Å². The van der Waals surface area contributed by atoms with Crippen molar-refractivity contribution in [2.24, 2.45) is 0 Å². The van der Waals surface area contributed by atoms with E-state index in [1.54, 1.807) is 13.1 Å². The molecule has 0 saturated heterocycles. The molecule has 0 aliphatic heterocycles. The summed E-state index contributed by atoms with van der Waals surface area (Å²) in [6.45, 7) is 2.86. The first-order chi connectivity index (χ1) is 8.25. The summed E-state index contributed by atoms with van der Waals surface area (Å²) in [6, 6.07) is 4.55. The van der Waals surface area contributed by atoms with Gasteiger partial charge in [0.05, 0.1) is 0 Å². The van der Waals surface area contributed by atoms with E-state index in [0.29, 0.717) is 5.02 Å². The third-order valence-corrected chi connectivity index (χ3v) is 2.97. The summed E-state index contributed by atoms with van der Waals surface area (Å²) in [4.78, 5) is 0. The van der Waals surface area contributed by atoms with Crippen molar-refractivity contribution in [2.75, 3.05) is 7.05 Å². The van der Waals surface area contributed by atoms with E-state index in [1.165, 1.54) is 12.1 Å². The smallest absolute Gasteiger partial charge is 0.425 e. The zero-order chi connectivity index (χ0) is 13.9. The zero-order valence-corrected chi connectivity index (χ0v) is 11.1. The summed E-state index contributed by atoms with van der Waals surface area (Å²) in [7, 11) is 1.77. The van der Waals surface area contributed by atoms with Gasteiger partial charge in [0.2, 0.25) is 0 Å². The van der Waals surface area contributed by atoms with E-state index in [9.17, 15) is 13.2 Å². The van der Waals surface area contributed by atoms with Crippen LogP contribution in [0, 0.1) is 0 Å². The molecule has 0 aliphatic carbocycles. The van der Waals surface area contributed by atoms with Gasteiger partial charge < -0.3 is 10.1 Å². The molecular formula is C12H15ClF3NO. The second kappa shape index (κ2) is 5.80. The topological polar surface area (TPSA) is 21.3 Å². The lowest BCUT2D eigenvalue weighted by Gasteiger charge is -2.19. The standard InChI is InChI=1S/C12H15ClF3NO/c1-7(17-3)10-5-4-9(6-11(10)13)18-8(2)12(14,15)16/h4-8,17H,1-3H3. The lowest BCUT2D eigenvalue weighted by atomic mass is 10.1. The molecule has 18 heavy (non-hydrogen) atoms. The number of nitrogens with one attached hydrogen (secondary N) is 1. The molecule has 1 aromatic carbocycles. The molecule has 0 bridgehead atoms. The van der Waals surface area contributed by atoms with Gasteiger partial charge in [0.25, 0.3) is 0 Å². The first-order valence-corrected chi connectivity index (χ1v) is 5.83. The molecule has 2 unspecified atom stereocenters. The van der Waals surface area contributed by atoms with Crippen LogP contribution >= 0.6 is 11.6 Å². The molecule has 1 rings (SSSR count). The lowest BCUT2D eigenvalue weighted by Crippen LogP contribution is -2.31. The predicted octanol–water partition coefficient (Wildman–Crippen LogP) is 3.95. The highest BCUT2D eigenvalue weighted by Crippen LogP contribution is 2.30. The Morgan fingerprint density at radius 3 is 2.33 bits per heavy atom. The van der Waals surface area contributed by atoms with Crippen LogP contribution in [0.25, 0.3) is 0 Å². The minimum absolute atomic E-state index is 0.0200. The van der Waals surface area contributed by atoms with E-state index in [-0.39, 0.29) is 11.8 Å². The highest BCUT2D eigenvalue weighted by atomic mass is 35.5. The third kappa shape index (κ3) is 3.78. The number of hydrogen-bond acceptors (Lipinski definition) is 2. The van der Waals surface area contributed by atoms with E-state index in [0.717, 1.165) is 12.5 Å². The molecule has 0 aliphatic rings. The van der Waals surface area contributed by atoms with Gasteiger partial charge in [-0.15, -0.1) is 0 Å². The van der Waals surface area contributed by atoms with E-state index in [2.05, 4.69) is 5.32 Å². The van der Waals surface area contributed by atoms with E-state index >= 15 is 0 Å². The van der Waals surface area contributed by atoms with Crippen molar-refractivity contribution in [3.63, 3.8) is 0 Å². The minimum atomic E-state index is -4.39. The Balaban J connectivity index is 2.85. The highest BCUT2D eigenvalue weighted by molar-refractivity contribution is 6.31. The van der Waals surface area contributed by atoms with Gasteiger partial charge >= 0.3 is 6.18 Å². The van der Waals surface area contributed by atoms with E-state index in [1.807, 2.05) is 6.92 Å². The molecule has 0 radical (unpaired) electrons. The van der Waals surface area contributed by atoms with Gasteiger partial charge in [-0.2, -0.15) is 13.2 Å². The number of hydrogen-bond donors (Lipinski definition) is 1. The number of ether oxygens (including phenoxy) is 1. The molecule has 1 aromatic rings. The van der Waals surface area contributed by atoms with Gasteiger partial charge in [-0.3, -0.25) is 0 Å². The normalized spacial score (nSPS) is 15.3. The zero-order valence-electron chi connectivity index (χ0n) is 10.3. The molecule has 102 valence electrons. The van der Waals surface area contributed by atoms with Crippen LogP contribution in [0.15, 0.2) is 18.2 Å². The Hall–Kier alpha value is -0.940. The predicted molar refractivity (Wildman–Crippen MR) is 65.1 cm³/mol. The maximum atomic E-state index is 12.3. The van der Waals surface area contributed by atoms with Gasteiger partial charge in [-0.25, -0.2) is 0 Å². The maximum Gasteiger partial charge on any atom is 0.425 e. The SMILES string of the molecule is CNC(C)c1ccc(OC(C)C(F)(F)F)cc1Cl. The second-order valence-corrected chi connectivity index (χ2v) is 4.40. The summed E-state index contributed by atoms with van der Waals surface area (Å²) in [5.41, 5.74) is 0.811. The van der Waals surface area contributed by atoms with Gasteiger partial charge in [0.15, 0.2) is 6.10 Å². The van der Waals surface area contributed by atoms with Crippen molar-refractivity contribution >= 4 is 11.6 Å². The minimum Gasteiger partial charge on any atom is -0.481 e. The Morgan fingerprint density at radius 1 is 1.28 bits per heavy atom. The van der Waals surface area contributed by atoms with Crippen LogP contribution in [0.5, 0.6) is 5.75 Å². The Labute approximate surface area is 109 Å². The average molecular weight is 282 g/mol. The first-order valence-electron chi connectivity index (χ1n) is 5.45. The summed E-state index contributed by atoms with van der Waals surface area (Å²) < 4.78 is 41.8. The Bertz CT molecular complexity index is 409. The van der Waals surface area contributed by atoms with Crippen LogP contribution in [0.4, 0.5) is 13.2 Å². The average Bonchev–Trinajstić information content (AvgIpc) is 2.27. The van der Waals surface area contributed by atoms with Gasteiger partial charge in [0, 0.05) is 11.1 Å². The molecule has 0 amide bonds. The van der Waals surface area contributed by atoms with E-state index in [4.69, 9.17) is 16.3 Å². The van der Waals surface area contributed by atoms with Crippen LogP contribution < -0.4 is 10.1 Å². The van der Waals surface area contributed by atoms with Gasteiger partial charge in [0.1, 0.15) is 5.75 Å². The largest absolute Gasteiger partial charge is 0.481 e.